The number of aromatic hydroxyl groups is 1. The maximum absolute atomic E-state index is 13.5. The van der Waals surface area contributed by atoms with Gasteiger partial charge in [-0.2, -0.15) is 9.78 Å². The van der Waals surface area contributed by atoms with E-state index in [4.69, 9.17) is 14.1 Å². The fourth-order valence-electron chi connectivity index (χ4n) is 3.61. The Morgan fingerprint density at radius 2 is 1.91 bits per heavy atom. The third-order valence-electron chi connectivity index (χ3n) is 5.24. The number of phenolic OH excluding ortho intramolecular Hbond substituents is 1. The molecular formula is C25H16Br3N3O4. The maximum atomic E-state index is 13.5. The summed E-state index contributed by atoms with van der Waals surface area (Å²) in [4.78, 5) is 18.2. The van der Waals surface area contributed by atoms with E-state index in [1.165, 1.54) is 10.9 Å². The zero-order valence-corrected chi connectivity index (χ0v) is 22.9. The van der Waals surface area contributed by atoms with Gasteiger partial charge in [0.1, 0.15) is 5.58 Å². The lowest BCUT2D eigenvalue weighted by Gasteiger charge is -2.11. The van der Waals surface area contributed by atoms with Crippen molar-refractivity contribution in [1.29, 1.82) is 0 Å². The number of halogens is 3. The number of rotatable bonds is 5. The molecule has 2 heterocycles. The number of ether oxygens (including phenoxy) is 1. The van der Waals surface area contributed by atoms with Gasteiger partial charge in [-0.3, -0.25) is 4.79 Å². The average Bonchev–Trinajstić information content (AvgIpc) is 3.27. The molecule has 7 nitrogen and oxygen atoms in total. The van der Waals surface area contributed by atoms with Gasteiger partial charge in [0.2, 0.25) is 5.82 Å². The molecule has 0 saturated heterocycles. The van der Waals surface area contributed by atoms with Crippen LogP contribution in [-0.2, 0) is 0 Å². The predicted octanol–water partition coefficient (Wildman–Crippen LogP) is 7.08. The quantitative estimate of drug-likeness (QED) is 0.203. The van der Waals surface area contributed by atoms with Gasteiger partial charge in [0.25, 0.3) is 5.56 Å². The lowest BCUT2D eigenvalue weighted by atomic mass is 10.2. The Balaban J connectivity index is 1.72. The molecule has 0 spiro atoms. The number of nitrogens with zero attached hydrogens (tertiary/aromatic N) is 3. The fourth-order valence-corrected chi connectivity index (χ4v) is 4.81. The van der Waals surface area contributed by atoms with Crippen LogP contribution in [-0.4, -0.2) is 27.6 Å². The minimum absolute atomic E-state index is 0.0328. The first-order valence-corrected chi connectivity index (χ1v) is 12.8. The summed E-state index contributed by atoms with van der Waals surface area (Å²) < 4.78 is 14.6. The molecule has 0 unspecified atom stereocenters. The van der Waals surface area contributed by atoms with Gasteiger partial charge in [0, 0.05) is 19.9 Å². The largest absolute Gasteiger partial charge is 0.503 e. The SMILES string of the molecule is CCOc1cc(C=Nn2c(-c3cc4cc(Br)ccc4o3)nc3ccccc3c2=O)c(Br)c(Br)c1O. The Hall–Kier alpha value is -2.95. The van der Waals surface area contributed by atoms with Crippen LogP contribution in [0.1, 0.15) is 12.5 Å². The van der Waals surface area contributed by atoms with Crippen molar-refractivity contribution in [2.75, 3.05) is 6.61 Å². The van der Waals surface area contributed by atoms with E-state index >= 15 is 0 Å². The summed E-state index contributed by atoms with van der Waals surface area (Å²) in [5.74, 6) is 0.918. The molecule has 0 bridgehead atoms. The molecular weight excluding hydrogens is 646 g/mol. The highest BCUT2D eigenvalue weighted by atomic mass is 79.9. The van der Waals surface area contributed by atoms with E-state index in [-0.39, 0.29) is 22.9 Å². The van der Waals surface area contributed by atoms with Crippen LogP contribution < -0.4 is 10.3 Å². The number of fused-ring (bicyclic) bond motifs is 2. The van der Waals surface area contributed by atoms with Crippen LogP contribution in [0, 0.1) is 0 Å². The van der Waals surface area contributed by atoms with Gasteiger partial charge in [-0.1, -0.05) is 28.1 Å². The van der Waals surface area contributed by atoms with Crippen molar-refractivity contribution in [1.82, 2.24) is 9.66 Å². The Labute approximate surface area is 224 Å². The third-order valence-corrected chi connectivity index (χ3v) is 7.89. The zero-order valence-electron chi connectivity index (χ0n) is 18.1. The van der Waals surface area contributed by atoms with E-state index in [1.807, 2.05) is 37.3 Å². The molecule has 0 atom stereocenters. The molecule has 3 aromatic carbocycles. The molecule has 1 N–H and O–H groups in total. The van der Waals surface area contributed by atoms with Crippen molar-refractivity contribution in [2.24, 2.45) is 5.10 Å². The van der Waals surface area contributed by atoms with Gasteiger partial charge in [0.05, 0.1) is 28.2 Å². The lowest BCUT2D eigenvalue weighted by Crippen LogP contribution is -2.20. The Morgan fingerprint density at radius 3 is 2.71 bits per heavy atom. The first-order valence-electron chi connectivity index (χ1n) is 10.5. The van der Waals surface area contributed by atoms with Crippen LogP contribution in [0.4, 0.5) is 0 Å². The zero-order chi connectivity index (χ0) is 24.7. The summed E-state index contributed by atoms with van der Waals surface area (Å²) in [7, 11) is 0. The summed E-state index contributed by atoms with van der Waals surface area (Å²) in [6, 6.07) is 16.2. The number of hydrogen-bond donors (Lipinski definition) is 1. The Kier molecular flexibility index (Phi) is 6.52. The van der Waals surface area contributed by atoms with E-state index in [9.17, 15) is 9.90 Å². The molecule has 2 aromatic heterocycles. The molecule has 0 aliphatic rings. The monoisotopic (exact) mass is 659 g/mol. The van der Waals surface area contributed by atoms with Gasteiger partial charge in [0.15, 0.2) is 17.3 Å². The van der Waals surface area contributed by atoms with Gasteiger partial charge in [-0.05, 0) is 81.2 Å². The summed E-state index contributed by atoms with van der Waals surface area (Å²) in [5.41, 5.74) is 1.43. The second-order valence-corrected chi connectivity index (χ2v) is 9.98. The molecule has 5 rings (SSSR count). The van der Waals surface area contributed by atoms with Gasteiger partial charge in [-0.25, -0.2) is 4.98 Å². The number of furan rings is 1. The smallest absolute Gasteiger partial charge is 0.282 e. The number of aromatic nitrogens is 2. The van der Waals surface area contributed by atoms with Gasteiger partial charge < -0.3 is 14.3 Å². The van der Waals surface area contributed by atoms with E-state index in [2.05, 4.69) is 52.9 Å². The Bertz CT molecular complexity index is 1690. The lowest BCUT2D eigenvalue weighted by molar-refractivity contribution is 0.317. The topological polar surface area (TPSA) is 89.9 Å². The van der Waals surface area contributed by atoms with Crippen LogP contribution in [0.2, 0.25) is 0 Å². The molecule has 10 heteroatoms. The molecule has 0 saturated carbocycles. The van der Waals surface area contributed by atoms with Crippen LogP contribution in [0.25, 0.3) is 33.5 Å². The number of hydrogen-bond acceptors (Lipinski definition) is 6. The Morgan fingerprint density at radius 1 is 1.11 bits per heavy atom. The molecule has 176 valence electrons. The number of phenols is 1. The van der Waals surface area contributed by atoms with Crippen LogP contribution in [0.3, 0.4) is 0 Å². The predicted molar refractivity (Wildman–Crippen MR) is 147 cm³/mol. The molecule has 0 aliphatic heterocycles. The minimum Gasteiger partial charge on any atom is -0.503 e. The number of para-hydroxylation sites is 1. The second kappa shape index (κ2) is 9.60. The van der Waals surface area contributed by atoms with E-state index in [1.54, 1.807) is 24.3 Å². The summed E-state index contributed by atoms with van der Waals surface area (Å²) in [6.07, 6.45) is 1.50. The molecule has 5 aromatic rings. The maximum Gasteiger partial charge on any atom is 0.282 e. The van der Waals surface area contributed by atoms with Crippen LogP contribution in [0.5, 0.6) is 11.5 Å². The van der Waals surface area contributed by atoms with E-state index in [0.717, 1.165) is 9.86 Å². The number of benzene rings is 3. The van der Waals surface area contributed by atoms with Crippen molar-refractivity contribution >= 4 is 75.9 Å². The third kappa shape index (κ3) is 4.41. The van der Waals surface area contributed by atoms with Crippen molar-refractivity contribution in [3.05, 3.63) is 83.9 Å². The highest BCUT2D eigenvalue weighted by Crippen LogP contribution is 2.41. The highest BCUT2D eigenvalue weighted by Gasteiger charge is 2.18. The summed E-state index contributed by atoms with van der Waals surface area (Å²) >= 11 is 10.3. The first-order chi connectivity index (χ1) is 16.9. The molecule has 0 amide bonds. The summed E-state index contributed by atoms with van der Waals surface area (Å²) in [6.45, 7) is 2.19. The standard InChI is InChI=1S/C25H16Br3N3O4/c1-2-34-19-11-14(21(27)22(28)23(19)32)12-29-31-24(30-17-6-4-3-5-16(17)25(31)33)20-10-13-9-15(26)7-8-18(13)35-20/h3-12,32H,2H2,1H3. The van der Waals surface area contributed by atoms with Crippen molar-refractivity contribution < 1.29 is 14.3 Å². The van der Waals surface area contributed by atoms with Crippen molar-refractivity contribution in [3.63, 3.8) is 0 Å². The molecule has 0 fully saturated rings. The molecule has 0 radical (unpaired) electrons. The first kappa shape index (κ1) is 23.8. The fraction of sp³-hybridized carbons (Fsp3) is 0.0800. The van der Waals surface area contributed by atoms with Gasteiger partial charge >= 0.3 is 0 Å². The van der Waals surface area contributed by atoms with Crippen molar-refractivity contribution in [3.8, 4) is 23.1 Å². The average molecular weight is 662 g/mol. The van der Waals surface area contributed by atoms with Crippen LogP contribution >= 0.6 is 47.8 Å². The van der Waals surface area contributed by atoms with E-state index < -0.39 is 0 Å². The molecule has 0 aliphatic carbocycles. The second-order valence-electron chi connectivity index (χ2n) is 7.48. The van der Waals surface area contributed by atoms with E-state index in [0.29, 0.717) is 43.4 Å². The van der Waals surface area contributed by atoms with Crippen molar-refractivity contribution in [2.45, 2.75) is 6.92 Å². The highest BCUT2D eigenvalue weighted by molar-refractivity contribution is 9.13. The summed E-state index contributed by atoms with van der Waals surface area (Å²) in [5, 5.41) is 16.1. The molecule has 35 heavy (non-hydrogen) atoms. The minimum atomic E-state index is -0.345. The normalized spacial score (nSPS) is 11.7. The van der Waals surface area contributed by atoms with Crippen LogP contribution in [0.15, 0.2) is 82.3 Å². The van der Waals surface area contributed by atoms with Gasteiger partial charge in [-0.15, -0.1) is 0 Å².